The smallest absolute Gasteiger partial charge is 0.251 e. The van der Waals surface area contributed by atoms with E-state index in [-0.39, 0.29) is 23.6 Å². The van der Waals surface area contributed by atoms with E-state index in [4.69, 9.17) is 0 Å². The molecule has 2 aliphatic heterocycles. The minimum atomic E-state index is -1.07. The third kappa shape index (κ3) is 2.71. The predicted molar refractivity (Wildman–Crippen MR) is 88.4 cm³/mol. The number of fused-ring (bicyclic) bond motifs is 3. The zero-order chi connectivity index (χ0) is 17.6. The molecule has 2 amide bonds. The van der Waals surface area contributed by atoms with Gasteiger partial charge in [0.15, 0.2) is 11.6 Å². The second-order valence-corrected chi connectivity index (χ2v) is 6.21. The molecule has 2 aromatic rings. The number of carbonyl (C=O) groups excluding carboxylic acids is 2. The monoisotopic (exact) mass is 343 g/mol. The molecule has 0 aliphatic carbocycles. The Balaban J connectivity index is 1.52. The standard InChI is InChI=1S/C18H15F2N3O2/c19-12-6-5-10(7-13(12)20)17(24)21-11-8-16-18(25)22-14-3-1-2-4-15(14)23(16)9-11/h1-7,11,16H,8-9H2,(H,21,24)(H,22,25). The van der Waals surface area contributed by atoms with E-state index in [0.717, 1.165) is 23.5 Å². The van der Waals surface area contributed by atoms with Crippen LogP contribution in [0.5, 0.6) is 0 Å². The van der Waals surface area contributed by atoms with Gasteiger partial charge in [0.25, 0.3) is 5.91 Å². The SMILES string of the molecule is O=C(NC1CC2C(=O)Nc3ccccc3N2C1)c1ccc(F)c(F)c1. The van der Waals surface area contributed by atoms with Crippen molar-refractivity contribution >= 4 is 23.2 Å². The minimum absolute atomic E-state index is 0.0497. The summed E-state index contributed by atoms with van der Waals surface area (Å²) in [7, 11) is 0. The Hall–Kier alpha value is -2.96. The van der Waals surface area contributed by atoms with Crippen molar-refractivity contribution < 1.29 is 18.4 Å². The fraction of sp³-hybridized carbons (Fsp3) is 0.222. The fourth-order valence-corrected chi connectivity index (χ4v) is 3.41. The van der Waals surface area contributed by atoms with Gasteiger partial charge in [-0.1, -0.05) is 12.1 Å². The van der Waals surface area contributed by atoms with Gasteiger partial charge in [0.1, 0.15) is 6.04 Å². The van der Waals surface area contributed by atoms with Gasteiger partial charge in [0.05, 0.1) is 11.4 Å². The highest BCUT2D eigenvalue weighted by Crippen LogP contribution is 2.36. The molecule has 2 atom stereocenters. The Labute approximate surface area is 142 Å². The lowest BCUT2D eigenvalue weighted by Crippen LogP contribution is -2.44. The van der Waals surface area contributed by atoms with Crippen LogP contribution in [-0.2, 0) is 4.79 Å². The number of hydrogen-bond donors (Lipinski definition) is 2. The number of anilines is 2. The number of carbonyl (C=O) groups is 2. The number of para-hydroxylation sites is 2. The van der Waals surface area contributed by atoms with E-state index in [1.54, 1.807) is 0 Å². The molecule has 2 heterocycles. The molecule has 5 nitrogen and oxygen atoms in total. The lowest BCUT2D eigenvalue weighted by Gasteiger charge is -2.32. The second kappa shape index (κ2) is 5.84. The van der Waals surface area contributed by atoms with Gasteiger partial charge in [-0.05, 0) is 36.8 Å². The first-order valence-corrected chi connectivity index (χ1v) is 7.95. The molecule has 0 spiro atoms. The summed E-state index contributed by atoms with van der Waals surface area (Å²) in [5.74, 6) is -2.66. The largest absolute Gasteiger partial charge is 0.356 e. The molecule has 2 aromatic carbocycles. The van der Waals surface area contributed by atoms with Gasteiger partial charge in [-0.15, -0.1) is 0 Å². The summed E-state index contributed by atoms with van der Waals surface area (Å²) in [4.78, 5) is 26.5. The summed E-state index contributed by atoms with van der Waals surface area (Å²) >= 11 is 0. The number of benzene rings is 2. The molecule has 1 saturated heterocycles. The number of halogens is 2. The Kier molecular flexibility index (Phi) is 3.63. The van der Waals surface area contributed by atoms with Crippen LogP contribution in [0.3, 0.4) is 0 Å². The molecular formula is C18H15F2N3O2. The van der Waals surface area contributed by atoms with Gasteiger partial charge in [0, 0.05) is 18.2 Å². The van der Waals surface area contributed by atoms with Crippen LogP contribution in [0.2, 0.25) is 0 Å². The zero-order valence-corrected chi connectivity index (χ0v) is 13.1. The molecule has 25 heavy (non-hydrogen) atoms. The Morgan fingerprint density at radius 1 is 1.16 bits per heavy atom. The van der Waals surface area contributed by atoms with E-state index in [2.05, 4.69) is 10.6 Å². The summed E-state index contributed by atoms with van der Waals surface area (Å²) in [5, 5.41) is 5.67. The van der Waals surface area contributed by atoms with E-state index >= 15 is 0 Å². The van der Waals surface area contributed by atoms with Gasteiger partial charge in [-0.3, -0.25) is 9.59 Å². The van der Waals surface area contributed by atoms with E-state index < -0.39 is 17.5 Å². The number of nitrogens with one attached hydrogen (secondary N) is 2. The van der Waals surface area contributed by atoms with Crippen LogP contribution in [-0.4, -0.2) is 30.4 Å². The quantitative estimate of drug-likeness (QED) is 0.880. The Morgan fingerprint density at radius 3 is 2.76 bits per heavy atom. The third-order valence-electron chi connectivity index (χ3n) is 4.59. The molecule has 0 bridgehead atoms. The maximum atomic E-state index is 13.3. The molecular weight excluding hydrogens is 328 g/mol. The molecule has 0 radical (unpaired) electrons. The van der Waals surface area contributed by atoms with Gasteiger partial charge in [-0.25, -0.2) is 8.78 Å². The van der Waals surface area contributed by atoms with Crippen molar-refractivity contribution in [1.82, 2.24) is 5.32 Å². The van der Waals surface area contributed by atoms with Gasteiger partial charge in [-0.2, -0.15) is 0 Å². The first-order chi connectivity index (χ1) is 12.0. The predicted octanol–water partition coefficient (Wildman–Crippen LogP) is 2.29. The van der Waals surface area contributed by atoms with Crippen molar-refractivity contribution in [2.45, 2.75) is 18.5 Å². The van der Waals surface area contributed by atoms with E-state index in [0.29, 0.717) is 13.0 Å². The van der Waals surface area contributed by atoms with Crippen molar-refractivity contribution in [1.29, 1.82) is 0 Å². The van der Waals surface area contributed by atoms with Crippen molar-refractivity contribution in [2.75, 3.05) is 16.8 Å². The lowest BCUT2D eigenvalue weighted by atomic mass is 10.1. The molecule has 0 saturated carbocycles. The normalized spacial score (nSPS) is 21.4. The van der Waals surface area contributed by atoms with E-state index in [1.807, 2.05) is 29.2 Å². The zero-order valence-electron chi connectivity index (χ0n) is 13.1. The number of hydrogen-bond acceptors (Lipinski definition) is 3. The summed E-state index contributed by atoms with van der Waals surface area (Å²) in [5.41, 5.74) is 1.71. The first kappa shape index (κ1) is 15.6. The maximum Gasteiger partial charge on any atom is 0.251 e. The second-order valence-electron chi connectivity index (χ2n) is 6.21. The summed E-state index contributed by atoms with van der Waals surface area (Å²) in [6.45, 7) is 0.477. The van der Waals surface area contributed by atoms with Crippen molar-refractivity contribution in [3.05, 3.63) is 59.7 Å². The number of rotatable bonds is 2. The summed E-state index contributed by atoms with van der Waals surface area (Å²) in [6.07, 6.45) is 0.454. The van der Waals surface area contributed by atoms with E-state index in [1.165, 1.54) is 6.07 Å². The number of amides is 2. The average molecular weight is 343 g/mol. The van der Waals surface area contributed by atoms with Crippen LogP contribution in [0.15, 0.2) is 42.5 Å². The van der Waals surface area contributed by atoms with Crippen LogP contribution in [0, 0.1) is 11.6 Å². The number of nitrogens with zero attached hydrogens (tertiary/aromatic N) is 1. The lowest BCUT2D eigenvalue weighted by molar-refractivity contribution is -0.117. The molecule has 4 rings (SSSR count). The van der Waals surface area contributed by atoms with Crippen molar-refractivity contribution in [2.24, 2.45) is 0 Å². The topological polar surface area (TPSA) is 61.4 Å². The highest BCUT2D eigenvalue weighted by molar-refractivity contribution is 6.04. The van der Waals surface area contributed by atoms with Crippen LogP contribution in [0.1, 0.15) is 16.8 Å². The van der Waals surface area contributed by atoms with Crippen molar-refractivity contribution in [3.8, 4) is 0 Å². The molecule has 1 fully saturated rings. The third-order valence-corrected chi connectivity index (χ3v) is 4.59. The summed E-state index contributed by atoms with van der Waals surface area (Å²) < 4.78 is 26.3. The van der Waals surface area contributed by atoms with Crippen LogP contribution in [0.4, 0.5) is 20.2 Å². The van der Waals surface area contributed by atoms with Crippen molar-refractivity contribution in [3.63, 3.8) is 0 Å². The van der Waals surface area contributed by atoms with Crippen LogP contribution < -0.4 is 15.5 Å². The minimum Gasteiger partial charge on any atom is -0.356 e. The molecule has 2 N–H and O–H groups in total. The maximum absolute atomic E-state index is 13.3. The molecule has 7 heteroatoms. The highest BCUT2D eigenvalue weighted by Gasteiger charge is 2.41. The molecule has 2 unspecified atom stereocenters. The average Bonchev–Trinajstić information content (AvgIpc) is 3.02. The van der Waals surface area contributed by atoms with E-state index in [9.17, 15) is 18.4 Å². The summed E-state index contributed by atoms with van der Waals surface area (Å²) in [6, 6.07) is 9.89. The first-order valence-electron chi connectivity index (χ1n) is 7.95. The molecule has 2 aliphatic rings. The van der Waals surface area contributed by atoms with Gasteiger partial charge < -0.3 is 15.5 Å². The molecule has 0 aromatic heterocycles. The molecule has 128 valence electrons. The Morgan fingerprint density at radius 2 is 1.96 bits per heavy atom. The fourth-order valence-electron chi connectivity index (χ4n) is 3.41. The van der Waals surface area contributed by atoms with Gasteiger partial charge >= 0.3 is 0 Å². The Bertz CT molecular complexity index is 871. The van der Waals surface area contributed by atoms with Crippen LogP contribution in [0.25, 0.3) is 0 Å². The van der Waals surface area contributed by atoms with Crippen LogP contribution >= 0.6 is 0 Å². The highest BCUT2D eigenvalue weighted by atomic mass is 19.2. The van der Waals surface area contributed by atoms with Gasteiger partial charge in [0.2, 0.25) is 5.91 Å².